The van der Waals surface area contributed by atoms with E-state index in [2.05, 4.69) is 19.7 Å². The number of imidazole rings is 1. The number of hydrogen-bond acceptors (Lipinski definition) is 3. The molecule has 2 heterocycles. The van der Waals surface area contributed by atoms with E-state index in [1.54, 1.807) is 6.33 Å². The summed E-state index contributed by atoms with van der Waals surface area (Å²) in [7, 11) is 1.91. The second-order valence-electron chi connectivity index (χ2n) is 4.64. The molecule has 0 amide bonds. The number of rotatable bonds is 3. The Labute approximate surface area is 126 Å². The topological polar surface area (TPSA) is 48.5 Å². The van der Waals surface area contributed by atoms with Gasteiger partial charge in [0.1, 0.15) is 12.2 Å². The maximum Gasteiger partial charge on any atom is 0.155 e. The molecule has 1 aromatic carbocycles. The van der Waals surface area contributed by atoms with Crippen molar-refractivity contribution in [2.24, 2.45) is 7.05 Å². The molecule has 0 aliphatic rings. The van der Waals surface area contributed by atoms with Crippen LogP contribution in [0.25, 0.3) is 11.0 Å². The Kier molecular flexibility index (Phi) is 3.40. The van der Waals surface area contributed by atoms with Gasteiger partial charge in [-0.25, -0.2) is 4.98 Å². The third kappa shape index (κ3) is 2.07. The van der Waals surface area contributed by atoms with Gasteiger partial charge in [-0.15, -0.1) is 21.8 Å². The van der Waals surface area contributed by atoms with Gasteiger partial charge >= 0.3 is 0 Å². The van der Waals surface area contributed by atoms with Gasteiger partial charge in [0.15, 0.2) is 5.82 Å². The van der Waals surface area contributed by atoms with E-state index >= 15 is 0 Å². The van der Waals surface area contributed by atoms with Crippen LogP contribution in [0.5, 0.6) is 0 Å². The molecule has 0 saturated carbocycles. The number of hydrogen-bond donors (Lipinski definition) is 0. The van der Waals surface area contributed by atoms with Gasteiger partial charge in [-0.2, -0.15) is 0 Å². The normalized spacial score (nSPS) is 13.0. The second-order valence-corrected chi connectivity index (χ2v) is 5.34. The zero-order valence-electron chi connectivity index (χ0n) is 11.1. The predicted molar refractivity (Wildman–Crippen MR) is 79.1 cm³/mol. The van der Waals surface area contributed by atoms with Crippen molar-refractivity contribution in [3.8, 4) is 0 Å². The molecule has 2 aromatic heterocycles. The zero-order chi connectivity index (χ0) is 14.3. The molecule has 0 N–H and O–H groups in total. The maximum absolute atomic E-state index is 6.10. The first-order valence-electron chi connectivity index (χ1n) is 6.18. The molecule has 3 aromatic rings. The van der Waals surface area contributed by atoms with E-state index in [-0.39, 0.29) is 6.04 Å². The lowest BCUT2D eigenvalue weighted by Crippen LogP contribution is -2.14. The van der Waals surface area contributed by atoms with E-state index in [1.807, 2.05) is 36.7 Å². The third-order valence-corrected chi connectivity index (χ3v) is 3.83. The van der Waals surface area contributed by atoms with Crippen LogP contribution in [-0.2, 0) is 12.9 Å². The highest BCUT2D eigenvalue weighted by Gasteiger charge is 2.20. The first kappa shape index (κ1) is 13.4. The summed E-state index contributed by atoms with van der Waals surface area (Å²) >= 11 is 12.1. The van der Waals surface area contributed by atoms with E-state index < -0.39 is 0 Å². The van der Waals surface area contributed by atoms with Gasteiger partial charge in [0, 0.05) is 12.1 Å². The molecule has 0 fully saturated rings. The van der Waals surface area contributed by atoms with E-state index in [0.29, 0.717) is 10.9 Å². The lowest BCUT2D eigenvalue weighted by Gasteiger charge is -2.16. The molecule has 0 radical (unpaired) electrons. The molecule has 0 spiro atoms. The first-order chi connectivity index (χ1) is 9.61. The number of fused-ring (bicyclic) bond motifs is 1. The highest BCUT2D eigenvalue weighted by atomic mass is 35.5. The molecule has 0 aliphatic heterocycles. The Balaban J connectivity index is 2.23. The smallest absolute Gasteiger partial charge is 0.155 e. The molecular formula is C13H13Cl2N5. The lowest BCUT2D eigenvalue weighted by molar-refractivity contribution is 0.572. The van der Waals surface area contributed by atoms with Crippen LogP contribution in [0, 0.1) is 0 Å². The summed E-state index contributed by atoms with van der Waals surface area (Å²) in [5, 5.41) is 8.76. The van der Waals surface area contributed by atoms with Crippen molar-refractivity contribution in [1.29, 1.82) is 0 Å². The SMILES string of the molecule is CC(c1nncn1C)n1c(CCl)nc2ccc(Cl)cc21. The van der Waals surface area contributed by atoms with Gasteiger partial charge in [-0.3, -0.25) is 0 Å². The molecule has 1 atom stereocenters. The molecule has 7 heteroatoms. The lowest BCUT2D eigenvalue weighted by atomic mass is 10.2. The minimum absolute atomic E-state index is 0.0280. The Morgan fingerprint density at radius 2 is 2.15 bits per heavy atom. The van der Waals surface area contributed by atoms with Gasteiger partial charge < -0.3 is 9.13 Å². The van der Waals surface area contributed by atoms with Gasteiger partial charge in [0.2, 0.25) is 0 Å². The largest absolute Gasteiger partial charge is 0.319 e. The number of halogens is 2. The number of benzene rings is 1. The summed E-state index contributed by atoms with van der Waals surface area (Å²) in [5.41, 5.74) is 1.82. The molecule has 0 aliphatic carbocycles. The molecule has 20 heavy (non-hydrogen) atoms. The highest BCUT2D eigenvalue weighted by molar-refractivity contribution is 6.31. The predicted octanol–water partition coefficient (Wildman–Crippen LogP) is 3.17. The number of nitrogens with zero attached hydrogens (tertiary/aromatic N) is 5. The summed E-state index contributed by atoms with van der Waals surface area (Å²) in [6.45, 7) is 2.04. The van der Waals surface area contributed by atoms with Crippen molar-refractivity contribution in [2.75, 3.05) is 0 Å². The van der Waals surface area contributed by atoms with Crippen LogP contribution in [0.4, 0.5) is 0 Å². The van der Waals surface area contributed by atoms with Crippen LogP contribution in [0.3, 0.4) is 0 Å². The molecule has 5 nitrogen and oxygen atoms in total. The molecular weight excluding hydrogens is 297 g/mol. The Morgan fingerprint density at radius 3 is 2.80 bits per heavy atom. The Hall–Kier alpha value is -1.59. The first-order valence-corrected chi connectivity index (χ1v) is 7.09. The fourth-order valence-corrected chi connectivity index (χ4v) is 2.78. The summed E-state index contributed by atoms with van der Waals surface area (Å²) < 4.78 is 3.94. The third-order valence-electron chi connectivity index (χ3n) is 3.35. The van der Waals surface area contributed by atoms with Crippen LogP contribution in [0.2, 0.25) is 5.02 Å². The molecule has 104 valence electrons. The van der Waals surface area contributed by atoms with Crippen LogP contribution >= 0.6 is 23.2 Å². The van der Waals surface area contributed by atoms with E-state index in [4.69, 9.17) is 23.2 Å². The molecule has 0 saturated heterocycles. The summed E-state index contributed by atoms with van der Waals surface area (Å²) in [6, 6.07) is 5.59. The Morgan fingerprint density at radius 1 is 1.35 bits per heavy atom. The molecule has 3 rings (SSSR count). The highest BCUT2D eigenvalue weighted by Crippen LogP contribution is 2.27. The number of aryl methyl sites for hydroxylation is 1. The number of aromatic nitrogens is 5. The monoisotopic (exact) mass is 309 g/mol. The van der Waals surface area contributed by atoms with Crippen LogP contribution in [0.1, 0.15) is 24.6 Å². The fraction of sp³-hybridized carbons (Fsp3) is 0.308. The quantitative estimate of drug-likeness (QED) is 0.698. The average molecular weight is 310 g/mol. The van der Waals surface area contributed by atoms with Crippen molar-refractivity contribution in [1.82, 2.24) is 24.3 Å². The van der Waals surface area contributed by atoms with E-state index in [0.717, 1.165) is 22.7 Å². The van der Waals surface area contributed by atoms with E-state index in [9.17, 15) is 0 Å². The molecule has 1 unspecified atom stereocenters. The van der Waals surface area contributed by atoms with Crippen molar-refractivity contribution >= 4 is 34.2 Å². The summed E-state index contributed by atoms with van der Waals surface area (Å²) in [5.74, 6) is 1.96. The number of alkyl halides is 1. The van der Waals surface area contributed by atoms with Gasteiger partial charge in [-0.1, -0.05) is 11.6 Å². The van der Waals surface area contributed by atoms with Crippen LogP contribution in [0.15, 0.2) is 24.5 Å². The summed E-state index contributed by atoms with van der Waals surface area (Å²) in [4.78, 5) is 4.55. The van der Waals surface area contributed by atoms with Gasteiger partial charge in [0.05, 0.1) is 23.0 Å². The fourth-order valence-electron chi connectivity index (χ4n) is 2.43. The maximum atomic E-state index is 6.10. The van der Waals surface area contributed by atoms with Crippen LogP contribution < -0.4 is 0 Å². The minimum Gasteiger partial charge on any atom is -0.319 e. The van der Waals surface area contributed by atoms with E-state index in [1.165, 1.54) is 0 Å². The van der Waals surface area contributed by atoms with Crippen molar-refractivity contribution in [3.05, 3.63) is 41.2 Å². The molecule has 0 bridgehead atoms. The summed E-state index contributed by atoms with van der Waals surface area (Å²) in [6.07, 6.45) is 1.68. The second kappa shape index (κ2) is 5.07. The van der Waals surface area contributed by atoms with Crippen molar-refractivity contribution in [3.63, 3.8) is 0 Å². The zero-order valence-corrected chi connectivity index (χ0v) is 12.6. The Bertz CT molecular complexity index is 761. The van der Waals surface area contributed by atoms with Gasteiger partial charge in [0.25, 0.3) is 0 Å². The van der Waals surface area contributed by atoms with Crippen LogP contribution in [-0.4, -0.2) is 24.3 Å². The average Bonchev–Trinajstić information content (AvgIpc) is 3.00. The van der Waals surface area contributed by atoms with Gasteiger partial charge in [-0.05, 0) is 25.1 Å². The van der Waals surface area contributed by atoms with Crippen molar-refractivity contribution in [2.45, 2.75) is 18.8 Å². The standard InChI is InChI=1S/C13H13Cl2N5/c1-8(13-18-16-7-19(13)2)20-11-5-9(15)3-4-10(11)17-12(20)6-14/h3-5,7-8H,6H2,1-2H3. The minimum atomic E-state index is -0.0280. The van der Waals surface area contributed by atoms with Crippen molar-refractivity contribution < 1.29 is 0 Å².